The fourth-order valence-electron chi connectivity index (χ4n) is 9.34. The van der Waals surface area contributed by atoms with E-state index in [1.807, 2.05) is 0 Å². The minimum absolute atomic E-state index is 0.400. The van der Waals surface area contributed by atoms with Gasteiger partial charge in [-0.15, -0.1) is 0 Å². The van der Waals surface area contributed by atoms with Crippen molar-refractivity contribution < 1.29 is 0 Å². The molecule has 0 spiro atoms. The van der Waals surface area contributed by atoms with Gasteiger partial charge in [0.1, 0.15) is 0 Å². The molecule has 2 saturated carbocycles. The van der Waals surface area contributed by atoms with Gasteiger partial charge in [0.05, 0.1) is 0 Å². The lowest BCUT2D eigenvalue weighted by Crippen LogP contribution is -2.55. The first-order valence-electron chi connectivity index (χ1n) is 13.0. The van der Waals surface area contributed by atoms with Crippen LogP contribution in [0.25, 0.3) is 0 Å². The van der Waals surface area contributed by atoms with Crippen molar-refractivity contribution in [3.8, 4) is 0 Å². The summed E-state index contributed by atoms with van der Waals surface area (Å²) in [4.78, 5) is 0. The van der Waals surface area contributed by atoms with Crippen molar-refractivity contribution in [3.05, 3.63) is 23.3 Å². The van der Waals surface area contributed by atoms with Gasteiger partial charge in [0.2, 0.25) is 0 Å². The van der Waals surface area contributed by atoms with Crippen molar-refractivity contribution in [2.24, 2.45) is 34.5 Å². The Hall–Kier alpha value is -0.600. The zero-order chi connectivity index (χ0) is 19.6. The summed E-state index contributed by atoms with van der Waals surface area (Å²) in [7, 11) is 0. The summed E-state index contributed by atoms with van der Waals surface area (Å²) in [6.45, 7) is 7.82. The molecular formula is C27H42N2. The van der Waals surface area contributed by atoms with Gasteiger partial charge < -0.3 is 10.6 Å². The van der Waals surface area contributed by atoms with Gasteiger partial charge in [0.15, 0.2) is 0 Å². The first kappa shape index (κ1) is 19.1. The topological polar surface area (TPSA) is 24.1 Å². The minimum atomic E-state index is 0.400. The van der Waals surface area contributed by atoms with E-state index in [1.165, 1.54) is 83.7 Å². The van der Waals surface area contributed by atoms with Gasteiger partial charge in [-0.1, -0.05) is 38.0 Å². The first-order valence-corrected chi connectivity index (χ1v) is 13.0. The monoisotopic (exact) mass is 394 g/mol. The maximum absolute atomic E-state index is 3.97. The Balaban J connectivity index is 1.40. The van der Waals surface area contributed by atoms with E-state index in [0.717, 1.165) is 29.7 Å². The van der Waals surface area contributed by atoms with E-state index in [0.29, 0.717) is 16.9 Å². The highest BCUT2D eigenvalue weighted by atomic mass is 15.0. The molecule has 2 nitrogen and oxygen atoms in total. The Morgan fingerprint density at radius 2 is 1.72 bits per heavy atom. The summed E-state index contributed by atoms with van der Waals surface area (Å²) < 4.78 is 0. The van der Waals surface area contributed by atoms with Gasteiger partial charge in [-0.25, -0.2) is 0 Å². The van der Waals surface area contributed by atoms with E-state index in [-0.39, 0.29) is 0 Å². The van der Waals surface area contributed by atoms with Gasteiger partial charge in [-0.05, 0) is 117 Å². The molecule has 6 aliphatic rings. The second kappa shape index (κ2) is 6.95. The van der Waals surface area contributed by atoms with E-state index >= 15 is 0 Å². The smallest absolute Gasteiger partial charge is 0.0283 e. The van der Waals surface area contributed by atoms with Crippen LogP contribution in [0, 0.1) is 34.5 Å². The summed E-state index contributed by atoms with van der Waals surface area (Å²) in [6.07, 6.45) is 21.1. The van der Waals surface area contributed by atoms with Gasteiger partial charge in [-0.3, -0.25) is 0 Å². The molecule has 0 radical (unpaired) electrons. The van der Waals surface area contributed by atoms with Crippen LogP contribution in [0.3, 0.4) is 0 Å². The Labute approximate surface area is 178 Å². The Bertz CT molecular complexity index is 710. The second-order valence-corrected chi connectivity index (χ2v) is 12.0. The van der Waals surface area contributed by atoms with Crippen LogP contribution in [0.15, 0.2) is 23.3 Å². The van der Waals surface area contributed by atoms with Crippen LogP contribution in [0.1, 0.15) is 84.5 Å². The van der Waals surface area contributed by atoms with Gasteiger partial charge >= 0.3 is 0 Å². The molecule has 0 aromatic heterocycles. The number of hydrogen-bond donors (Lipinski definition) is 2. The third kappa shape index (κ3) is 2.80. The van der Waals surface area contributed by atoms with Crippen molar-refractivity contribution in [2.75, 3.05) is 13.1 Å². The van der Waals surface area contributed by atoms with Crippen molar-refractivity contribution in [2.45, 2.75) is 96.6 Å². The summed E-state index contributed by atoms with van der Waals surface area (Å²) in [6, 6.07) is 1.40. The number of rotatable bonds is 2. The molecule has 29 heavy (non-hydrogen) atoms. The van der Waals surface area contributed by atoms with Crippen molar-refractivity contribution in [1.29, 1.82) is 0 Å². The molecule has 3 unspecified atom stereocenters. The van der Waals surface area contributed by atoms with Crippen LogP contribution in [-0.4, -0.2) is 25.2 Å². The van der Waals surface area contributed by atoms with Crippen molar-refractivity contribution in [1.82, 2.24) is 10.6 Å². The molecule has 0 amide bonds. The predicted molar refractivity (Wildman–Crippen MR) is 121 cm³/mol. The highest BCUT2D eigenvalue weighted by molar-refractivity contribution is 5.41. The zero-order valence-corrected chi connectivity index (χ0v) is 18.8. The predicted octanol–water partition coefficient (Wildman–Crippen LogP) is 5.61. The number of fused-ring (bicyclic) bond motifs is 5. The first-order chi connectivity index (χ1) is 14.1. The zero-order valence-electron chi connectivity index (χ0n) is 18.8. The lowest BCUT2D eigenvalue weighted by Gasteiger charge is -2.60. The normalized spacial score (nSPS) is 51.8. The third-order valence-electron chi connectivity index (χ3n) is 10.9. The summed E-state index contributed by atoms with van der Waals surface area (Å²) >= 11 is 0. The van der Waals surface area contributed by atoms with Crippen LogP contribution < -0.4 is 10.6 Å². The van der Waals surface area contributed by atoms with Crippen molar-refractivity contribution in [3.63, 3.8) is 0 Å². The summed E-state index contributed by atoms with van der Waals surface area (Å²) in [5, 5.41) is 7.79. The van der Waals surface area contributed by atoms with Gasteiger partial charge in [0, 0.05) is 12.1 Å². The van der Waals surface area contributed by atoms with Crippen molar-refractivity contribution >= 4 is 0 Å². The van der Waals surface area contributed by atoms with Gasteiger partial charge in [0.25, 0.3) is 0 Å². The fourth-order valence-corrected chi connectivity index (χ4v) is 9.34. The average molecular weight is 395 g/mol. The quantitative estimate of drug-likeness (QED) is 0.636. The van der Waals surface area contributed by atoms with Crippen LogP contribution >= 0.6 is 0 Å². The van der Waals surface area contributed by atoms with E-state index in [4.69, 9.17) is 0 Å². The number of nitrogens with one attached hydrogen (secondary N) is 2. The SMILES string of the molecule is C[C@@]12CCC[C@H]1[C@@H]1CC=C3C=C(C4CCCN4)CC(C4CCCN4)[C@]3(C)[C@H]1CC2. The number of allylic oxidation sites excluding steroid dienone is 3. The summed E-state index contributed by atoms with van der Waals surface area (Å²) in [5.41, 5.74) is 4.54. The Morgan fingerprint density at radius 3 is 2.52 bits per heavy atom. The molecule has 8 atom stereocenters. The van der Waals surface area contributed by atoms with Gasteiger partial charge in [-0.2, -0.15) is 0 Å². The molecule has 2 saturated heterocycles. The highest BCUT2D eigenvalue weighted by Crippen LogP contribution is 2.66. The molecule has 0 aromatic carbocycles. The lowest BCUT2D eigenvalue weighted by molar-refractivity contribution is -0.0452. The Kier molecular flexibility index (Phi) is 4.58. The van der Waals surface area contributed by atoms with Crippen LogP contribution in [0.4, 0.5) is 0 Å². The maximum Gasteiger partial charge on any atom is 0.0283 e. The van der Waals surface area contributed by atoms with E-state index in [9.17, 15) is 0 Å². The summed E-state index contributed by atoms with van der Waals surface area (Å²) in [5.74, 6) is 3.67. The highest BCUT2D eigenvalue weighted by Gasteiger charge is 2.58. The molecule has 0 aromatic rings. The molecule has 4 fully saturated rings. The maximum atomic E-state index is 3.97. The standard InChI is InChI=1S/C27H42N2/c1-26-12-3-6-21(26)20-10-9-19-16-18(24-7-4-14-28-24)17-23(25-8-5-15-29-25)27(19,2)22(20)11-13-26/h9,16,20-25,28-29H,3-8,10-15,17H2,1-2H3/t20-,21-,22-,23?,24?,25?,26-,27-/m0/s1. The van der Waals surface area contributed by atoms with E-state index in [2.05, 4.69) is 36.6 Å². The van der Waals surface area contributed by atoms with E-state index < -0.39 is 0 Å². The number of hydrogen-bond acceptors (Lipinski definition) is 2. The largest absolute Gasteiger partial charge is 0.314 e. The molecule has 2 heteroatoms. The average Bonchev–Trinajstić information content (AvgIpc) is 3.47. The minimum Gasteiger partial charge on any atom is -0.314 e. The van der Waals surface area contributed by atoms with Crippen LogP contribution in [0.5, 0.6) is 0 Å². The molecule has 6 rings (SSSR count). The van der Waals surface area contributed by atoms with E-state index in [1.54, 1.807) is 11.1 Å². The molecule has 2 N–H and O–H groups in total. The third-order valence-corrected chi connectivity index (χ3v) is 10.9. The lowest BCUT2D eigenvalue weighted by atomic mass is 9.45. The molecule has 0 bridgehead atoms. The molecule has 160 valence electrons. The molecule has 2 aliphatic heterocycles. The Morgan fingerprint density at radius 1 is 0.862 bits per heavy atom. The fraction of sp³-hybridized carbons (Fsp3) is 0.852. The molecular weight excluding hydrogens is 352 g/mol. The molecule has 4 aliphatic carbocycles. The van der Waals surface area contributed by atoms with Crippen LogP contribution in [0.2, 0.25) is 0 Å². The molecule has 2 heterocycles. The second-order valence-electron chi connectivity index (χ2n) is 12.0. The van der Waals surface area contributed by atoms with Crippen LogP contribution in [-0.2, 0) is 0 Å².